The van der Waals surface area contributed by atoms with Crippen molar-refractivity contribution in [1.82, 2.24) is 15.3 Å². The quantitative estimate of drug-likeness (QED) is 0.751. The van der Waals surface area contributed by atoms with Gasteiger partial charge >= 0.3 is 5.97 Å². The monoisotopic (exact) mass is 329 g/mol. The van der Waals surface area contributed by atoms with Crippen LogP contribution >= 0.6 is 0 Å². The van der Waals surface area contributed by atoms with Crippen molar-refractivity contribution in [2.75, 3.05) is 0 Å². The second kappa shape index (κ2) is 7.34. The third-order valence-corrected chi connectivity index (χ3v) is 5.09. The van der Waals surface area contributed by atoms with E-state index in [-0.39, 0.29) is 6.04 Å². The molecule has 24 heavy (non-hydrogen) atoms. The summed E-state index contributed by atoms with van der Waals surface area (Å²) in [6.45, 7) is 4.42. The minimum atomic E-state index is -0.672. The number of aliphatic carboxylic acids is 1. The predicted octanol–water partition coefficient (Wildman–Crippen LogP) is 3.88. The average molecular weight is 329 g/mol. The Morgan fingerprint density at radius 3 is 2.62 bits per heavy atom. The van der Waals surface area contributed by atoms with Gasteiger partial charge in [0.2, 0.25) is 0 Å². The van der Waals surface area contributed by atoms with Crippen molar-refractivity contribution in [1.29, 1.82) is 0 Å². The second-order valence-electron chi connectivity index (χ2n) is 7.34. The van der Waals surface area contributed by atoms with Gasteiger partial charge in [-0.15, -0.1) is 0 Å². The standard InChI is InChI=1S/C19H27N3O2/c1-12(2)18(19-21-15-5-3-4-6-16(15)22-19)20-14-9-7-13(8-10-14)11-17(23)24/h3-6,12-14,18,20H,7-11H2,1-2H3,(H,21,22)(H,23,24). The fraction of sp³-hybridized carbons (Fsp3) is 0.579. The van der Waals surface area contributed by atoms with Crippen molar-refractivity contribution in [3.8, 4) is 0 Å². The fourth-order valence-electron chi connectivity index (χ4n) is 3.74. The Balaban J connectivity index is 1.66. The predicted molar refractivity (Wildman–Crippen MR) is 94.8 cm³/mol. The molecular weight excluding hydrogens is 302 g/mol. The number of nitrogens with zero attached hydrogens (tertiary/aromatic N) is 1. The van der Waals surface area contributed by atoms with Crippen LogP contribution in [0, 0.1) is 11.8 Å². The minimum Gasteiger partial charge on any atom is -0.481 e. The summed E-state index contributed by atoms with van der Waals surface area (Å²) in [5, 5.41) is 12.7. The van der Waals surface area contributed by atoms with Gasteiger partial charge in [0, 0.05) is 12.5 Å². The summed E-state index contributed by atoms with van der Waals surface area (Å²) in [6, 6.07) is 8.75. The zero-order valence-electron chi connectivity index (χ0n) is 14.5. The van der Waals surface area contributed by atoms with E-state index in [1.165, 1.54) is 0 Å². The molecule has 0 radical (unpaired) electrons. The van der Waals surface area contributed by atoms with Crippen LogP contribution in [-0.4, -0.2) is 27.1 Å². The lowest BCUT2D eigenvalue weighted by Crippen LogP contribution is -2.38. The maximum Gasteiger partial charge on any atom is 0.303 e. The maximum absolute atomic E-state index is 10.9. The molecule has 1 saturated carbocycles. The number of hydrogen-bond donors (Lipinski definition) is 3. The van der Waals surface area contributed by atoms with Gasteiger partial charge in [-0.1, -0.05) is 26.0 Å². The van der Waals surface area contributed by atoms with Crippen LogP contribution in [0.5, 0.6) is 0 Å². The van der Waals surface area contributed by atoms with Crippen LogP contribution in [-0.2, 0) is 4.79 Å². The number of imidazole rings is 1. The first kappa shape index (κ1) is 17.0. The number of fused-ring (bicyclic) bond motifs is 1. The van der Waals surface area contributed by atoms with Crippen LogP contribution in [0.1, 0.15) is 57.8 Å². The lowest BCUT2D eigenvalue weighted by Gasteiger charge is -2.32. The van der Waals surface area contributed by atoms with Crippen molar-refractivity contribution < 1.29 is 9.90 Å². The van der Waals surface area contributed by atoms with Crippen LogP contribution < -0.4 is 5.32 Å². The fourth-order valence-corrected chi connectivity index (χ4v) is 3.74. The molecule has 1 aliphatic rings. The first-order valence-corrected chi connectivity index (χ1v) is 8.95. The molecule has 1 aromatic carbocycles. The van der Waals surface area contributed by atoms with Crippen molar-refractivity contribution in [2.45, 2.75) is 58.0 Å². The molecule has 1 heterocycles. The topological polar surface area (TPSA) is 78.0 Å². The van der Waals surface area contributed by atoms with Gasteiger partial charge < -0.3 is 15.4 Å². The first-order chi connectivity index (χ1) is 11.5. The van der Waals surface area contributed by atoms with Crippen LogP contribution in [0.25, 0.3) is 11.0 Å². The highest BCUT2D eigenvalue weighted by Crippen LogP contribution is 2.30. The summed E-state index contributed by atoms with van der Waals surface area (Å²) < 4.78 is 0. The van der Waals surface area contributed by atoms with Crippen LogP contribution in [0.2, 0.25) is 0 Å². The second-order valence-corrected chi connectivity index (χ2v) is 7.34. The van der Waals surface area contributed by atoms with Gasteiger partial charge in [-0.2, -0.15) is 0 Å². The van der Waals surface area contributed by atoms with E-state index < -0.39 is 5.97 Å². The molecule has 0 amide bonds. The molecule has 0 saturated heterocycles. The third-order valence-electron chi connectivity index (χ3n) is 5.09. The number of H-pyrrole nitrogens is 1. The number of carboxylic acids is 1. The van der Waals surface area contributed by atoms with Crippen LogP contribution in [0.15, 0.2) is 24.3 Å². The van der Waals surface area contributed by atoms with Gasteiger partial charge in [0.15, 0.2) is 0 Å². The highest BCUT2D eigenvalue weighted by atomic mass is 16.4. The highest BCUT2D eigenvalue weighted by molar-refractivity contribution is 5.74. The van der Waals surface area contributed by atoms with Gasteiger partial charge in [0.25, 0.3) is 0 Å². The Bertz CT molecular complexity index is 654. The molecule has 3 rings (SSSR count). The van der Waals surface area contributed by atoms with Crippen LogP contribution in [0.3, 0.4) is 0 Å². The molecule has 3 N–H and O–H groups in total. The van der Waals surface area contributed by atoms with E-state index >= 15 is 0 Å². The largest absolute Gasteiger partial charge is 0.481 e. The van der Waals surface area contributed by atoms with E-state index in [4.69, 9.17) is 10.1 Å². The number of carbonyl (C=O) groups is 1. The first-order valence-electron chi connectivity index (χ1n) is 8.95. The molecule has 130 valence electrons. The SMILES string of the molecule is CC(C)C(NC1CCC(CC(=O)O)CC1)c1nc2ccccc2[nH]1. The number of nitrogens with one attached hydrogen (secondary N) is 2. The van der Waals surface area contributed by atoms with Gasteiger partial charge in [0.1, 0.15) is 5.82 Å². The molecule has 1 aliphatic carbocycles. The van der Waals surface area contributed by atoms with E-state index in [1.54, 1.807) is 0 Å². The molecule has 5 nitrogen and oxygen atoms in total. The Kier molecular flexibility index (Phi) is 5.19. The highest BCUT2D eigenvalue weighted by Gasteiger charge is 2.27. The number of aromatic amines is 1. The van der Waals surface area contributed by atoms with Gasteiger partial charge in [0.05, 0.1) is 17.1 Å². The molecule has 5 heteroatoms. The Morgan fingerprint density at radius 2 is 2.00 bits per heavy atom. The number of benzene rings is 1. The average Bonchev–Trinajstić information content (AvgIpc) is 2.96. The number of hydrogen-bond acceptors (Lipinski definition) is 3. The van der Waals surface area contributed by atoms with E-state index in [9.17, 15) is 4.79 Å². The molecule has 0 aliphatic heterocycles. The van der Waals surface area contributed by atoms with Gasteiger partial charge in [-0.3, -0.25) is 4.79 Å². The summed E-state index contributed by atoms with van der Waals surface area (Å²) in [5.74, 6) is 1.10. The molecule has 1 aromatic heterocycles. The molecular formula is C19H27N3O2. The van der Waals surface area contributed by atoms with Crippen LogP contribution in [0.4, 0.5) is 0 Å². The minimum absolute atomic E-state index is 0.193. The summed E-state index contributed by atoms with van der Waals surface area (Å²) in [7, 11) is 0. The number of para-hydroxylation sites is 2. The lowest BCUT2D eigenvalue weighted by atomic mass is 9.83. The molecule has 2 aromatic rings. The Hall–Kier alpha value is -1.88. The van der Waals surface area contributed by atoms with Crippen molar-refractivity contribution in [2.24, 2.45) is 11.8 Å². The Morgan fingerprint density at radius 1 is 1.29 bits per heavy atom. The molecule has 0 spiro atoms. The maximum atomic E-state index is 10.9. The number of rotatable bonds is 6. The molecule has 0 bridgehead atoms. The normalized spacial score (nSPS) is 22.8. The molecule has 1 fully saturated rings. The summed E-state index contributed by atoms with van der Waals surface area (Å²) in [6.07, 6.45) is 4.39. The van der Waals surface area contributed by atoms with E-state index in [1.807, 2.05) is 18.2 Å². The smallest absolute Gasteiger partial charge is 0.303 e. The van der Waals surface area contributed by atoms with Crippen molar-refractivity contribution >= 4 is 17.0 Å². The van der Waals surface area contributed by atoms with E-state index in [0.29, 0.717) is 24.3 Å². The molecule has 1 atom stereocenters. The lowest BCUT2D eigenvalue weighted by molar-refractivity contribution is -0.138. The summed E-state index contributed by atoms with van der Waals surface area (Å²) in [4.78, 5) is 19.1. The Labute approximate surface area is 142 Å². The summed E-state index contributed by atoms with van der Waals surface area (Å²) in [5.41, 5.74) is 2.08. The van der Waals surface area contributed by atoms with Gasteiger partial charge in [-0.05, 0) is 49.7 Å². The number of aromatic nitrogens is 2. The summed E-state index contributed by atoms with van der Waals surface area (Å²) >= 11 is 0. The third kappa shape index (κ3) is 3.96. The zero-order valence-corrected chi connectivity index (χ0v) is 14.5. The van der Waals surface area contributed by atoms with E-state index in [0.717, 1.165) is 42.5 Å². The van der Waals surface area contributed by atoms with Gasteiger partial charge in [-0.25, -0.2) is 4.98 Å². The zero-order chi connectivity index (χ0) is 17.1. The number of carboxylic acid groups (broad SMARTS) is 1. The molecule has 1 unspecified atom stereocenters. The van der Waals surface area contributed by atoms with Crippen molar-refractivity contribution in [3.63, 3.8) is 0 Å². The van der Waals surface area contributed by atoms with Crippen molar-refractivity contribution in [3.05, 3.63) is 30.1 Å². The van der Waals surface area contributed by atoms with E-state index in [2.05, 4.69) is 30.2 Å².